The van der Waals surface area contributed by atoms with Crippen LogP contribution in [0, 0.1) is 11.8 Å². The van der Waals surface area contributed by atoms with E-state index in [9.17, 15) is 9.59 Å². The van der Waals surface area contributed by atoms with Crippen LogP contribution in [0.15, 0.2) is 27.5 Å². The fourth-order valence-corrected chi connectivity index (χ4v) is 3.05. The summed E-state index contributed by atoms with van der Waals surface area (Å²) in [5.74, 6) is 1.99. The van der Waals surface area contributed by atoms with Crippen molar-refractivity contribution in [2.24, 2.45) is 11.8 Å². The Balaban J connectivity index is 1.53. The molecule has 1 N–H and O–H groups in total. The van der Waals surface area contributed by atoms with Crippen molar-refractivity contribution in [3.63, 3.8) is 0 Å². The number of carbonyl (C=O) groups excluding carboxylic acids is 1. The third-order valence-corrected chi connectivity index (χ3v) is 4.13. The molecule has 1 aliphatic carbocycles. The predicted octanol–water partition coefficient (Wildman–Crippen LogP) is 1.33. The van der Waals surface area contributed by atoms with Crippen LogP contribution in [-0.4, -0.2) is 29.1 Å². The summed E-state index contributed by atoms with van der Waals surface area (Å²) in [6.45, 7) is 1.76. The summed E-state index contributed by atoms with van der Waals surface area (Å²) in [5, 5.41) is 2.24. The monoisotopic (exact) mass is 262 g/mol. The van der Waals surface area contributed by atoms with Crippen LogP contribution in [0.25, 0.3) is 0 Å². The summed E-state index contributed by atoms with van der Waals surface area (Å²) in [6, 6.07) is 1.40. The number of carbonyl (C=O) groups is 1. The Labute approximate surface area is 111 Å². The van der Waals surface area contributed by atoms with Crippen molar-refractivity contribution >= 4 is 5.91 Å². The Morgan fingerprint density at radius 1 is 1.32 bits per heavy atom. The number of nitrogens with zero attached hydrogens (tertiary/aromatic N) is 1. The lowest BCUT2D eigenvalue weighted by atomic mass is 9.86. The van der Waals surface area contributed by atoms with Crippen LogP contribution in [0.3, 0.4) is 0 Å². The molecule has 0 bridgehead atoms. The highest BCUT2D eigenvalue weighted by molar-refractivity contribution is 5.76. The molecule has 0 spiro atoms. The number of hydrogen-bond donors (Lipinski definition) is 1. The fourth-order valence-electron chi connectivity index (χ4n) is 3.05. The molecule has 0 aromatic carbocycles. The summed E-state index contributed by atoms with van der Waals surface area (Å²) >= 11 is 0. The first-order valence-electron chi connectivity index (χ1n) is 6.82. The maximum atomic E-state index is 12.1. The predicted molar refractivity (Wildman–Crippen MR) is 69.6 cm³/mol. The molecule has 0 radical (unpaired) electrons. The minimum atomic E-state index is -0.249. The van der Waals surface area contributed by atoms with Gasteiger partial charge in [-0.1, -0.05) is 12.2 Å². The minimum Gasteiger partial charge on any atom is -0.384 e. The molecule has 1 fully saturated rings. The highest BCUT2D eigenvalue weighted by atomic mass is 16.5. The van der Waals surface area contributed by atoms with Crippen LogP contribution in [0.4, 0.5) is 0 Å². The van der Waals surface area contributed by atoms with Gasteiger partial charge < -0.3 is 9.42 Å². The molecular weight excluding hydrogens is 244 g/mol. The molecule has 5 heteroatoms. The number of likely N-dealkylation sites (tertiary alicyclic amines) is 1. The van der Waals surface area contributed by atoms with E-state index in [-0.39, 0.29) is 11.5 Å². The van der Waals surface area contributed by atoms with Crippen molar-refractivity contribution in [3.05, 3.63) is 34.3 Å². The maximum absolute atomic E-state index is 12.1. The van der Waals surface area contributed by atoms with Gasteiger partial charge in [0.25, 0.3) is 5.56 Å². The number of aromatic amines is 1. The lowest BCUT2D eigenvalue weighted by molar-refractivity contribution is -0.130. The van der Waals surface area contributed by atoms with Crippen molar-refractivity contribution in [1.29, 1.82) is 0 Å². The number of H-pyrrole nitrogens is 1. The zero-order valence-corrected chi connectivity index (χ0v) is 10.8. The first-order valence-corrected chi connectivity index (χ1v) is 6.82. The van der Waals surface area contributed by atoms with Crippen molar-refractivity contribution in [2.45, 2.75) is 25.7 Å². The summed E-state index contributed by atoms with van der Waals surface area (Å²) in [4.78, 5) is 25.0. The third-order valence-electron chi connectivity index (χ3n) is 4.13. The summed E-state index contributed by atoms with van der Waals surface area (Å²) < 4.78 is 4.95. The molecule has 1 aromatic rings. The van der Waals surface area contributed by atoms with Gasteiger partial charge in [-0.2, -0.15) is 5.16 Å². The number of allylic oxidation sites excluding steroid dienone is 2. The third kappa shape index (κ3) is 2.64. The van der Waals surface area contributed by atoms with E-state index in [1.54, 1.807) is 0 Å². The summed E-state index contributed by atoms with van der Waals surface area (Å²) in [5.41, 5.74) is -0.249. The molecule has 2 atom stereocenters. The molecule has 0 unspecified atom stereocenters. The first-order chi connectivity index (χ1) is 9.22. The SMILES string of the molecule is O=C(CCc1cc(=O)[nH]o1)N1C[C@H]2CC=CC[C@H]2C1. The van der Waals surface area contributed by atoms with Gasteiger partial charge in [-0.25, -0.2) is 0 Å². The molecule has 1 aromatic heterocycles. The van der Waals surface area contributed by atoms with Crippen LogP contribution < -0.4 is 5.56 Å². The van der Waals surface area contributed by atoms with Gasteiger partial charge in [0.1, 0.15) is 5.76 Å². The van der Waals surface area contributed by atoms with Crippen LogP contribution in [0.1, 0.15) is 25.0 Å². The van der Waals surface area contributed by atoms with Crippen molar-refractivity contribution < 1.29 is 9.32 Å². The number of fused-ring (bicyclic) bond motifs is 1. The van der Waals surface area contributed by atoms with Crippen LogP contribution >= 0.6 is 0 Å². The molecule has 1 aliphatic heterocycles. The van der Waals surface area contributed by atoms with Crippen LogP contribution in [-0.2, 0) is 11.2 Å². The Bertz CT molecular complexity index is 527. The summed E-state index contributed by atoms with van der Waals surface area (Å²) in [7, 11) is 0. The van der Waals surface area contributed by atoms with E-state index in [1.165, 1.54) is 6.07 Å². The average molecular weight is 262 g/mol. The van der Waals surface area contributed by atoms with Gasteiger partial charge in [0.05, 0.1) is 0 Å². The highest BCUT2D eigenvalue weighted by Gasteiger charge is 2.34. The smallest absolute Gasteiger partial charge is 0.280 e. The number of aromatic nitrogens is 1. The molecule has 102 valence electrons. The second kappa shape index (κ2) is 5.07. The fraction of sp³-hybridized carbons (Fsp3) is 0.571. The summed E-state index contributed by atoms with van der Waals surface area (Å²) in [6.07, 6.45) is 7.55. The number of amides is 1. The second-order valence-corrected chi connectivity index (χ2v) is 5.44. The number of aryl methyl sites for hydroxylation is 1. The van der Waals surface area contributed by atoms with Gasteiger partial charge in [-0.3, -0.25) is 9.59 Å². The van der Waals surface area contributed by atoms with Gasteiger partial charge in [0.15, 0.2) is 0 Å². The van der Waals surface area contributed by atoms with E-state index in [0.717, 1.165) is 25.9 Å². The van der Waals surface area contributed by atoms with E-state index in [0.29, 0.717) is 30.4 Å². The molecule has 2 aliphatic rings. The molecule has 3 rings (SSSR count). The van der Waals surface area contributed by atoms with E-state index < -0.39 is 0 Å². The molecular formula is C14H18N2O3. The highest BCUT2D eigenvalue weighted by Crippen LogP contribution is 2.32. The number of nitrogens with one attached hydrogen (secondary N) is 1. The topological polar surface area (TPSA) is 66.3 Å². The largest absolute Gasteiger partial charge is 0.384 e. The lowest BCUT2D eigenvalue weighted by Gasteiger charge is -2.17. The molecule has 2 heterocycles. The molecule has 5 nitrogen and oxygen atoms in total. The Morgan fingerprint density at radius 2 is 2.00 bits per heavy atom. The molecule has 19 heavy (non-hydrogen) atoms. The standard InChI is InChI=1S/C14H18N2O3/c17-13-7-12(19-15-13)5-6-14(18)16-8-10-3-1-2-4-11(10)9-16/h1-2,7,10-11H,3-6,8-9H2,(H,15,17)/t10-,11+. The number of rotatable bonds is 3. The first kappa shape index (κ1) is 12.3. The van der Waals surface area contributed by atoms with Crippen LogP contribution in [0.2, 0.25) is 0 Å². The van der Waals surface area contributed by atoms with E-state index in [1.807, 2.05) is 4.90 Å². The molecule has 0 saturated carbocycles. The molecule has 1 saturated heterocycles. The van der Waals surface area contributed by atoms with E-state index in [4.69, 9.17) is 4.52 Å². The second-order valence-electron chi connectivity index (χ2n) is 5.44. The van der Waals surface area contributed by atoms with Gasteiger partial charge >= 0.3 is 0 Å². The van der Waals surface area contributed by atoms with Gasteiger partial charge in [-0.05, 0) is 24.7 Å². The van der Waals surface area contributed by atoms with Gasteiger partial charge in [-0.15, -0.1) is 0 Å². The normalized spacial score (nSPS) is 25.6. The van der Waals surface area contributed by atoms with Gasteiger partial charge in [0.2, 0.25) is 5.91 Å². The number of hydrogen-bond acceptors (Lipinski definition) is 3. The van der Waals surface area contributed by atoms with Crippen molar-refractivity contribution in [3.8, 4) is 0 Å². The quantitative estimate of drug-likeness (QED) is 0.836. The van der Waals surface area contributed by atoms with Crippen molar-refractivity contribution in [1.82, 2.24) is 10.1 Å². The van der Waals surface area contributed by atoms with E-state index >= 15 is 0 Å². The van der Waals surface area contributed by atoms with Crippen molar-refractivity contribution in [2.75, 3.05) is 13.1 Å². The molecule has 1 amide bonds. The van der Waals surface area contributed by atoms with Gasteiger partial charge in [0, 0.05) is 32.0 Å². The maximum Gasteiger partial charge on any atom is 0.280 e. The Hall–Kier alpha value is -1.78. The average Bonchev–Trinajstić information content (AvgIpc) is 3.01. The van der Waals surface area contributed by atoms with E-state index in [2.05, 4.69) is 17.3 Å². The van der Waals surface area contributed by atoms with Crippen LogP contribution in [0.5, 0.6) is 0 Å². The lowest BCUT2D eigenvalue weighted by Crippen LogP contribution is -2.29. The minimum absolute atomic E-state index is 0.165. The zero-order chi connectivity index (χ0) is 13.2. The Kier molecular flexibility index (Phi) is 3.27. The zero-order valence-electron chi connectivity index (χ0n) is 10.8. The Morgan fingerprint density at radius 3 is 2.58 bits per heavy atom.